The topological polar surface area (TPSA) is 192 Å². The van der Waals surface area contributed by atoms with E-state index in [-0.39, 0.29) is 28.1 Å². The lowest BCUT2D eigenvalue weighted by molar-refractivity contribution is -0.386. The zero-order chi connectivity index (χ0) is 20.6. The van der Waals surface area contributed by atoms with E-state index in [1.54, 1.807) is 0 Å². The van der Waals surface area contributed by atoms with E-state index in [1.165, 1.54) is 12.1 Å². The fourth-order valence-electron chi connectivity index (χ4n) is 2.75. The van der Waals surface area contributed by atoms with Crippen molar-refractivity contribution in [1.82, 2.24) is 4.98 Å². The van der Waals surface area contributed by atoms with Gasteiger partial charge in [-0.2, -0.15) is 0 Å². The number of aromatic amines is 1. The Bertz CT molecular complexity index is 1140. The van der Waals surface area contributed by atoms with Gasteiger partial charge in [0.1, 0.15) is 0 Å². The molecule has 4 N–H and O–H groups in total. The predicted molar refractivity (Wildman–Crippen MR) is 95.4 cm³/mol. The first-order valence-electron chi connectivity index (χ1n) is 7.48. The summed E-state index contributed by atoms with van der Waals surface area (Å²) in [6.45, 7) is 0. The molecule has 0 aliphatic heterocycles. The second-order valence-electron chi connectivity index (χ2n) is 5.58. The molecule has 0 amide bonds. The highest BCUT2D eigenvalue weighted by atomic mass is 16.6. The van der Waals surface area contributed by atoms with Crippen molar-refractivity contribution in [3.63, 3.8) is 0 Å². The summed E-state index contributed by atoms with van der Waals surface area (Å²) in [6.07, 6.45) is 0. The van der Waals surface area contributed by atoms with Crippen LogP contribution in [0.3, 0.4) is 0 Å². The number of hydrogen-bond donors (Lipinski definition) is 4. The number of nitroso groups, excluding NO2 is 1. The summed E-state index contributed by atoms with van der Waals surface area (Å²) in [5, 5.41) is 54.3. The first kappa shape index (κ1) is 18.3. The summed E-state index contributed by atoms with van der Waals surface area (Å²) in [7, 11) is 0. The van der Waals surface area contributed by atoms with Crippen molar-refractivity contribution in [2.75, 3.05) is 0 Å². The third kappa shape index (κ3) is 2.94. The van der Waals surface area contributed by atoms with Crippen LogP contribution in [-0.4, -0.2) is 30.2 Å². The zero-order valence-corrected chi connectivity index (χ0v) is 13.7. The number of nitro benzene ring substituents is 2. The summed E-state index contributed by atoms with van der Waals surface area (Å²) in [6, 6.07) is 6.47. The van der Waals surface area contributed by atoms with Crippen LogP contribution in [0.15, 0.2) is 41.6 Å². The Morgan fingerprint density at radius 2 is 1.29 bits per heavy atom. The van der Waals surface area contributed by atoms with Crippen LogP contribution >= 0.6 is 0 Å². The van der Waals surface area contributed by atoms with Gasteiger partial charge in [0.05, 0.1) is 15.4 Å². The van der Waals surface area contributed by atoms with Gasteiger partial charge in [0.15, 0.2) is 23.2 Å². The van der Waals surface area contributed by atoms with Gasteiger partial charge >= 0.3 is 11.4 Å². The van der Waals surface area contributed by atoms with Gasteiger partial charge in [-0.25, -0.2) is 0 Å². The smallest absolute Gasteiger partial charge is 0.311 e. The van der Waals surface area contributed by atoms with Crippen molar-refractivity contribution in [3.05, 3.63) is 61.5 Å². The quantitative estimate of drug-likeness (QED) is 0.289. The number of phenols is 2. The number of nitrogens with one attached hydrogen (secondary N) is 1. The largest absolute Gasteiger partial charge is 0.502 e. The molecule has 1 heterocycles. The van der Waals surface area contributed by atoms with E-state index >= 15 is 0 Å². The molecule has 0 unspecified atom stereocenters. The number of aromatic hydroxyl groups is 3. The molecule has 12 heteroatoms. The third-order valence-electron chi connectivity index (χ3n) is 3.97. The summed E-state index contributed by atoms with van der Waals surface area (Å²) in [5.41, 5.74) is -1.40. The first-order chi connectivity index (χ1) is 13.2. The third-order valence-corrected chi connectivity index (χ3v) is 3.97. The number of nitro groups is 2. The summed E-state index contributed by atoms with van der Waals surface area (Å²) in [4.78, 5) is 33.9. The van der Waals surface area contributed by atoms with Crippen molar-refractivity contribution >= 4 is 17.2 Å². The van der Waals surface area contributed by atoms with Crippen molar-refractivity contribution < 1.29 is 25.2 Å². The predicted octanol–water partition coefficient (Wildman–Crippen LogP) is 3.68. The van der Waals surface area contributed by atoms with Crippen LogP contribution in [-0.2, 0) is 0 Å². The molecule has 142 valence electrons. The number of aromatic nitrogens is 1. The lowest BCUT2D eigenvalue weighted by Gasteiger charge is -2.07. The number of hydrogen-bond acceptors (Lipinski definition) is 9. The molecular weight excluding hydrogens is 376 g/mol. The van der Waals surface area contributed by atoms with Gasteiger partial charge in [0.25, 0.3) is 0 Å². The minimum atomic E-state index is -0.843. The molecule has 0 spiro atoms. The number of H-pyrrole nitrogens is 1. The Kier molecular flexibility index (Phi) is 4.37. The van der Waals surface area contributed by atoms with Crippen LogP contribution in [0.4, 0.5) is 17.2 Å². The molecule has 0 fully saturated rings. The highest BCUT2D eigenvalue weighted by molar-refractivity contribution is 5.94. The number of benzene rings is 2. The van der Waals surface area contributed by atoms with E-state index in [1.807, 2.05) is 0 Å². The molecule has 0 aliphatic carbocycles. The Morgan fingerprint density at radius 1 is 0.821 bits per heavy atom. The summed E-state index contributed by atoms with van der Waals surface area (Å²) >= 11 is 0. The Morgan fingerprint density at radius 3 is 1.71 bits per heavy atom. The summed E-state index contributed by atoms with van der Waals surface area (Å²) < 4.78 is 0. The van der Waals surface area contributed by atoms with Gasteiger partial charge in [0.2, 0.25) is 0 Å². The maximum Gasteiger partial charge on any atom is 0.311 e. The Balaban J connectivity index is 2.32. The van der Waals surface area contributed by atoms with Crippen molar-refractivity contribution in [1.29, 1.82) is 0 Å². The van der Waals surface area contributed by atoms with Crippen LogP contribution in [0.1, 0.15) is 0 Å². The van der Waals surface area contributed by atoms with E-state index < -0.39 is 38.6 Å². The molecule has 0 saturated carbocycles. The summed E-state index contributed by atoms with van der Waals surface area (Å²) in [5.74, 6) is -2.18. The standard InChI is InChI=1S/C16H10N4O8/c21-11-3-1-7(5-9(11)19(25)26)13-14(16(23)17-15(13)18-24)8-2-4-12(22)10(6-8)20(27)28/h1-6,17,21-23H. The van der Waals surface area contributed by atoms with E-state index in [0.717, 1.165) is 24.3 Å². The second-order valence-corrected chi connectivity index (χ2v) is 5.58. The molecule has 1 aromatic heterocycles. The number of rotatable bonds is 5. The van der Waals surface area contributed by atoms with E-state index in [0.29, 0.717) is 0 Å². The van der Waals surface area contributed by atoms with Gasteiger partial charge in [-0.05, 0) is 34.5 Å². The lowest BCUT2D eigenvalue weighted by Crippen LogP contribution is -1.91. The molecule has 0 aliphatic rings. The van der Waals surface area contributed by atoms with Crippen LogP contribution in [0, 0.1) is 25.1 Å². The SMILES string of the molecule is O=Nc1[nH]c(O)c(-c2ccc(O)c([N+](=O)[O-])c2)c1-c1ccc(O)c([N+](=O)[O-])c1. The van der Waals surface area contributed by atoms with Crippen LogP contribution < -0.4 is 0 Å². The highest BCUT2D eigenvalue weighted by Crippen LogP contribution is 2.47. The average Bonchev–Trinajstić information content (AvgIpc) is 2.98. The van der Waals surface area contributed by atoms with E-state index in [4.69, 9.17) is 0 Å². The molecule has 0 radical (unpaired) electrons. The minimum Gasteiger partial charge on any atom is -0.502 e. The maximum atomic E-state index is 11.2. The van der Waals surface area contributed by atoms with Gasteiger partial charge in [-0.1, -0.05) is 6.07 Å². The molecule has 2 aromatic carbocycles. The molecule has 0 saturated heterocycles. The van der Waals surface area contributed by atoms with Crippen molar-refractivity contribution in [3.8, 4) is 39.6 Å². The molecule has 12 nitrogen and oxygen atoms in total. The highest BCUT2D eigenvalue weighted by Gasteiger charge is 2.26. The van der Waals surface area contributed by atoms with E-state index in [2.05, 4.69) is 10.2 Å². The van der Waals surface area contributed by atoms with Gasteiger partial charge in [-0.15, -0.1) is 4.91 Å². The van der Waals surface area contributed by atoms with Gasteiger partial charge < -0.3 is 20.3 Å². The number of phenolic OH excluding ortho intramolecular Hbond substituents is 2. The van der Waals surface area contributed by atoms with Crippen LogP contribution in [0.2, 0.25) is 0 Å². The van der Waals surface area contributed by atoms with Crippen molar-refractivity contribution in [2.45, 2.75) is 0 Å². The average molecular weight is 386 g/mol. The molecule has 3 rings (SSSR count). The van der Waals surface area contributed by atoms with Gasteiger partial charge in [0, 0.05) is 17.7 Å². The minimum absolute atomic E-state index is 0.0406. The molecular formula is C16H10N4O8. The molecule has 3 aromatic rings. The second kappa shape index (κ2) is 6.68. The Hall–Kier alpha value is -4.48. The lowest BCUT2D eigenvalue weighted by atomic mass is 9.97. The van der Waals surface area contributed by atoms with Crippen LogP contribution in [0.25, 0.3) is 22.3 Å². The van der Waals surface area contributed by atoms with Gasteiger partial charge in [-0.3, -0.25) is 20.2 Å². The fourth-order valence-corrected chi connectivity index (χ4v) is 2.75. The monoisotopic (exact) mass is 386 g/mol. The zero-order valence-electron chi connectivity index (χ0n) is 13.7. The maximum absolute atomic E-state index is 11.2. The van der Waals surface area contributed by atoms with Crippen LogP contribution in [0.5, 0.6) is 17.4 Å². The van der Waals surface area contributed by atoms with E-state index in [9.17, 15) is 40.5 Å². The normalized spacial score (nSPS) is 10.6. The number of nitrogens with zero attached hydrogens (tertiary/aromatic N) is 3. The Labute approximate surface area is 154 Å². The fraction of sp³-hybridized carbons (Fsp3) is 0. The van der Waals surface area contributed by atoms with Crippen molar-refractivity contribution in [2.24, 2.45) is 5.18 Å². The molecule has 28 heavy (non-hydrogen) atoms. The molecule has 0 atom stereocenters. The molecule has 0 bridgehead atoms. The first-order valence-corrected chi connectivity index (χ1v) is 7.48.